The summed E-state index contributed by atoms with van der Waals surface area (Å²) in [5.74, 6) is 3.11. The van der Waals surface area contributed by atoms with E-state index in [-0.39, 0.29) is 5.75 Å². The Bertz CT molecular complexity index is 825. The van der Waals surface area contributed by atoms with Crippen LogP contribution in [-0.4, -0.2) is 6.61 Å². The van der Waals surface area contributed by atoms with Crippen LogP contribution in [0.4, 0.5) is 8.78 Å². The van der Waals surface area contributed by atoms with Crippen LogP contribution in [0, 0.1) is 54.1 Å². The molecule has 202 valence electrons. The molecule has 1 aromatic rings. The normalized spacial score (nSPS) is 31.2. The Hall–Kier alpha value is -1.38. The monoisotopic (exact) mass is 500 g/mol. The summed E-state index contributed by atoms with van der Waals surface area (Å²) < 4.78 is 35.9. The van der Waals surface area contributed by atoms with Crippen LogP contribution in [0.2, 0.25) is 0 Å². The van der Waals surface area contributed by atoms with Crippen molar-refractivity contribution in [3.05, 3.63) is 41.5 Å². The van der Waals surface area contributed by atoms with Crippen molar-refractivity contribution in [2.75, 3.05) is 6.61 Å². The standard InChI is InChI=1S/C33H50F2O/c1-4-6-25-7-9-27(10-8-25)22-36-31-21-23(3)30(32(34)33(31)35)20-15-26-13-18-29(19-14-26)28-16-11-24(5-2)12-17-28/h5,21,24-29H,2,4,6-20,22H2,1,3H3. The third kappa shape index (κ3) is 7.13. The zero-order valence-electron chi connectivity index (χ0n) is 23.0. The fraction of sp³-hybridized carbons (Fsp3) is 0.758. The van der Waals surface area contributed by atoms with Gasteiger partial charge in [0.25, 0.3) is 0 Å². The van der Waals surface area contributed by atoms with Gasteiger partial charge in [0.2, 0.25) is 5.82 Å². The summed E-state index contributed by atoms with van der Waals surface area (Å²) in [6, 6.07) is 1.74. The summed E-state index contributed by atoms with van der Waals surface area (Å²) in [6.45, 7) is 8.65. The van der Waals surface area contributed by atoms with Crippen molar-refractivity contribution in [3.63, 3.8) is 0 Å². The number of hydrogen-bond donors (Lipinski definition) is 0. The van der Waals surface area contributed by atoms with E-state index < -0.39 is 11.6 Å². The van der Waals surface area contributed by atoms with Crippen LogP contribution in [0.25, 0.3) is 0 Å². The highest BCUT2D eigenvalue weighted by Gasteiger charge is 2.30. The van der Waals surface area contributed by atoms with E-state index in [0.717, 1.165) is 48.5 Å². The van der Waals surface area contributed by atoms with Gasteiger partial charge in [0, 0.05) is 0 Å². The molecule has 3 saturated carbocycles. The minimum Gasteiger partial charge on any atom is -0.490 e. The molecule has 3 aliphatic rings. The largest absolute Gasteiger partial charge is 0.490 e. The average Bonchev–Trinajstić information content (AvgIpc) is 2.91. The Morgan fingerprint density at radius 3 is 1.97 bits per heavy atom. The summed E-state index contributed by atoms with van der Waals surface area (Å²) in [4.78, 5) is 0. The lowest BCUT2D eigenvalue weighted by atomic mass is 9.68. The van der Waals surface area contributed by atoms with Crippen molar-refractivity contribution in [2.24, 2.45) is 35.5 Å². The number of ether oxygens (including phenoxy) is 1. The first-order valence-corrected chi connectivity index (χ1v) is 15.2. The molecule has 0 N–H and O–H groups in total. The highest BCUT2D eigenvalue weighted by atomic mass is 19.2. The molecule has 1 aromatic carbocycles. The number of benzene rings is 1. The first-order chi connectivity index (χ1) is 17.5. The molecule has 36 heavy (non-hydrogen) atoms. The highest BCUT2D eigenvalue weighted by molar-refractivity contribution is 5.38. The van der Waals surface area contributed by atoms with E-state index in [9.17, 15) is 4.39 Å². The van der Waals surface area contributed by atoms with Crippen molar-refractivity contribution < 1.29 is 13.5 Å². The van der Waals surface area contributed by atoms with Crippen LogP contribution in [0.1, 0.15) is 114 Å². The van der Waals surface area contributed by atoms with Gasteiger partial charge in [-0.3, -0.25) is 0 Å². The van der Waals surface area contributed by atoms with Crippen LogP contribution in [0.5, 0.6) is 5.75 Å². The first-order valence-electron chi connectivity index (χ1n) is 15.2. The maximum absolute atomic E-state index is 15.1. The average molecular weight is 501 g/mol. The molecule has 0 radical (unpaired) electrons. The van der Waals surface area contributed by atoms with Crippen molar-refractivity contribution >= 4 is 0 Å². The molecule has 0 aliphatic heterocycles. The smallest absolute Gasteiger partial charge is 0.200 e. The van der Waals surface area contributed by atoms with Gasteiger partial charge in [-0.25, -0.2) is 4.39 Å². The molecule has 0 heterocycles. The lowest BCUT2D eigenvalue weighted by Gasteiger charge is -2.37. The predicted molar refractivity (Wildman–Crippen MR) is 146 cm³/mol. The zero-order valence-corrected chi connectivity index (χ0v) is 23.0. The van der Waals surface area contributed by atoms with Gasteiger partial charge in [-0.2, -0.15) is 4.39 Å². The summed E-state index contributed by atoms with van der Waals surface area (Å²) in [5.41, 5.74) is 1.40. The number of allylic oxidation sites excluding steroid dienone is 1. The number of hydrogen-bond acceptors (Lipinski definition) is 1. The summed E-state index contributed by atoms with van der Waals surface area (Å²) in [6.07, 6.45) is 21.6. The third-order valence-corrected chi connectivity index (χ3v) is 10.1. The van der Waals surface area contributed by atoms with Gasteiger partial charge >= 0.3 is 0 Å². The Labute approximate surface area is 219 Å². The zero-order chi connectivity index (χ0) is 25.5. The SMILES string of the molecule is C=CC1CCC(C2CCC(CCc3c(C)cc(OCC4CCC(CCC)CC4)c(F)c3F)CC2)CC1. The van der Waals surface area contributed by atoms with Gasteiger partial charge < -0.3 is 4.74 Å². The molecular weight excluding hydrogens is 450 g/mol. The molecule has 3 aliphatic carbocycles. The van der Waals surface area contributed by atoms with Gasteiger partial charge in [0.05, 0.1) is 6.61 Å². The van der Waals surface area contributed by atoms with Gasteiger partial charge in [0.15, 0.2) is 11.6 Å². The second-order valence-corrected chi connectivity index (χ2v) is 12.5. The minimum atomic E-state index is -0.783. The van der Waals surface area contributed by atoms with Crippen LogP contribution in [-0.2, 0) is 6.42 Å². The van der Waals surface area contributed by atoms with Crippen LogP contribution in [0.3, 0.4) is 0 Å². The van der Waals surface area contributed by atoms with E-state index in [1.165, 1.54) is 77.0 Å². The predicted octanol–water partition coefficient (Wildman–Crippen LogP) is 9.99. The summed E-state index contributed by atoms with van der Waals surface area (Å²) in [7, 11) is 0. The fourth-order valence-corrected chi connectivity index (χ4v) is 7.62. The fourth-order valence-electron chi connectivity index (χ4n) is 7.62. The first kappa shape index (κ1) is 27.6. The number of aryl methyl sites for hydroxylation is 1. The van der Waals surface area contributed by atoms with E-state index >= 15 is 4.39 Å². The molecule has 3 heteroatoms. The Morgan fingerprint density at radius 1 is 0.806 bits per heavy atom. The van der Waals surface area contributed by atoms with Crippen LogP contribution in [0.15, 0.2) is 18.7 Å². The topological polar surface area (TPSA) is 9.23 Å². The van der Waals surface area contributed by atoms with Crippen molar-refractivity contribution in [2.45, 2.75) is 117 Å². The van der Waals surface area contributed by atoms with E-state index in [1.807, 2.05) is 6.92 Å². The lowest BCUT2D eigenvalue weighted by Crippen LogP contribution is -2.25. The van der Waals surface area contributed by atoms with E-state index in [2.05, 4.69) is 19.6 Å². The van der Waals surface area contributed by atoms with Crippen LogP contribution >= 0.6 is 0 Å². The Balaban J connectivity index is 1.23. The Morgan fingerprint density at radius 2 is 1.36 bits per heavy atom. The highest BCUT2D eigenvalue weighted by Crippen LogP contribution is 2.42. The molecule has 0 atom stereocenters. The maximum atomic E-state index is 15.1. The number of rotatable bonds is 10. The van der Waals surface area contributed by atoms with Gasteiger partial charge in [-0.15, -0.1) is 6.58 Å². The molecule has 1 nitrogen and oxygen atoms in total. The van der Waals surface area contributed by atoms with Crippen molar-refractivity contribution in [1.29, 1.82) is 0 Å². The van der Waals surface area contributed by atoms with Gasteiger partial charge in [0.1, 0.15) is 0 Å². The molecule has 0 aromatic heterocycles. The third-order valence-electron chi connectivity index (χ3n) is 10.1. The van der Waals surface area contributed by atoms with Gasteiger partial charge in [-0.05, 0) is 124 Å². The van der Waals surface area contributed by atoms with E-state index in [0.29, 0.717) is 30.4 Å². The second kappa shape index (κ2) is 13.4. The molecule has 3 fully saturated rings. The van der Waals surface area contributed by atoms with E-state index in [1.54, 1.807) is 6.07 Å². The molecular formula is C33H50F2O. The summed E-state index contributed by atoms with van der Waals surface area (Å²) in [5, 5.41) is 0. The van der Waals surface area contributed by atoms with Gasteiger partial charge in [-0.1, -0.05) is 51.5 Å². The quantitative estimate of drug-likeness (QED) is 0.290. The molecule has 0 amide bonds. The lowest BCUT2D eigenvalue weighted by molar-refractivity contribution is 0.152. The van der Waals surface area contributed by atoms with Crippen molar-refractivity contribution in [3.8, 4) is 5.75 Å². The van der Waals surface area contributed by atoms with Crippen LogP contribution < -0.4 is 4.74 Å². The second-order valence-electron chi connectivity index (χ2n) is 12.5. The molecule has 0 saturated heterocycles. The molecule has 0 unspecified atom stereocenters. The Kier molecular flexibility index (Phi) is 10.3. The molecule has 0 bridgehead atoms. The molecule has 4 rings (SSSR count). The minimum absolute atomic E-state index is 0.108. The summed E-state index contributed by atoms with van der Waals surface area (Å²) >= 11 is 0. The van der Waals surface area contributed by atoms with Crippen molar-refractivity contribution in [1.82, 2.24) is 0 Å². The van der Waals surface area contributed by atoms with E-state index in [4.69, 9.17) is 4.74 Å². The number of halogens is 2. The maximum Gasteiger partial charge on any atom is 0.200 e. The molecule has 0 spiro atoms.